The van der Waals surface area contributed by atoms with Crippen LogP contribution in [0.15, 0.2) is 0 Å². The molecule has 0 rings (SSSR count). The average molecular weight is 850 g/mol. The number of rotatable bonds is 48. The van der Waals surface area contributed by atoms with Gasteiger partial charge in [-0.25, -0.2) is 0 Å². The Hall–Kier alpha value is -1.59. The van der Waals surface area contributed by atoms with Crippen LogP contribution in [-0.2, 0) is 14.4 Å². The first-order valence-corrected chi connectivity index (χ1v) is 27.2. The van der Waals surface area contributed by atoms with Crippen molar-refractivity contribution >= 4 is 17.7 Å². The molecule has 0 aromatic rings. The molecular weight excluding hydrogens is 739 g/mol. The third-order valence-electron chi connectivity index (χ3n) is 12.1. The summed E-state index contributed by atoms with van der Waals surface area (Å²) >= 11 is 0. The van der Waals surface area contributed by atoms with Crippen molar-refractivity contribution in [2.45, 2.75) is 329 Å². The normalized spacial score (nSPS) is 10.8. The fourth-order valence-electron chi connectivity index (χ4n) is 8.01. The standard InChI is InChI=1S/3C18H37NO/c3*1-2-3-4-5-6-7-8-9-10-11-12-13-14-15-16-17-18(19)20/h3*2-17H2,1H3,(H2,19,20). The first kappa shape index (κ1) is 62.7. The molecule has 0 aliphatic carbocycles. The Morgan fingerprint density at radius 2 is 0.300 bits per heavy atom. The van der Waals surface area contributed by atoms with Crippen LogP contribution in [0.2, 0.25) is 0 Å². The molecule has 0 aliphatic rings. The van der Waals surface area contributed by atoms with Crippen LogP contribution in [-0.4, -0.2) is 17.7 Å². The monoisotopic (exact) mass is 850 g/mol. The van der Waals surface area contributed by atoms with E-state index in [2.05, 4.69) is 20.8 Å². The molecule has 0 saturated heterocycles. The van der Waals surface area contributed by atoms with E-state index in [-0.39, 0.29) is 17.7 Å². The van der Waals surface area contributed by atoms with Gasteiger partial charge in [0.2, 0.25) is 17.7 Å². The summed E-state index contributed by atoms with van der Waals surface area (Å²) in [6.45, 7) is 6.83. The number of carbonyl (C=O) groups excluding carboxylic acids is 3. The quantitative estimate of drug-likeness (QED) is 0.0527. The molecule has 3 amide bonds. The fraction of sp³-hybridized carbons (Fsp3) is 0.944. The third-order valence-corrected chi connectivity index (χ3v) is 12.1. The summed E-state index contributed by atoms with van der Waals surface area (Å²) in [5.74, 6) is -0.459. The lowest BCUT2D eigenvalue weighted by atomic mass is 10.0. The van der Waals surface area contributed by atoms with Crippen LogP contribution in [0.1, 0.15) is 329 Å². The zero-order chi connectivity index (χ0) is 44.7. The molecule has 0 aromatic heterocycles. The van der Waals surface area contributed by atoms with Crippen molar-refractivity contribution in [3.8, 4) is 0 Å². The van der Waals surface area contributed by atoms with Crippen molar-refractivity contribution in [2.75, 3.05) is 0 Å². The summed E-state index contributed by atoms with van der Waals surface area (Å²) in [6, 6.07) is 0. The number of amides is 3. The van der Waals surface area contributed by atoms with E-state index < -0.39 is 0 Å². The van der Waals surface area contributed by atoms with Gasteiger partial charge in [0.05, 0.1) is 0 Å². The molecule has 360 valence electrons. The van der Waals surface area contributed by atoms with Gasteiger partial charge in [-0.2, -0.15) is 0 Å². The van der Waals surface area contributed by atoms with Crippen molar-refractivity contribution in [1.82, 2.24) is 0 Å². The maximum absolute atomic E-state index is 10.6. The summed E-state index contributed by atoms with van der Waals surface area (Å²) in [4.78, 5) is 31.7. The highest BCUT2D eigenvalue weighted by Crippen LogP contribution is 2.16. The van der Waals surface area contributed by atoms with Crippen molar-refractivity contribution in [3.63, 3.8) is 0 Å². The van der Waals surface area contributed by atoms with Crippen molar-refractivity contribution in [2.24, 2.45) is 17.2 Å². The average Bonchev–Trinajstić information content (AvgIpc) is 3.22. The molecule has 0 unspecified atom stereocenters. The Morgan fingerprint density at radius 1 is 0.200 bits per heavy atom. The van der Waals surface area contributed by atoms with Gasteiger partial charge in [0, 0.05) is 19.3 Å². The number of hydrogen-bond donors (Lipinski definition) is 3. The zero-order valence-corrected chi connectivity index (χ0v) is 41.4. The Labute approximate surface area is 377 Å². The van der Waals surface area contributed by atoms with Crippen molar-refractivity contribution < 1.29 is 14.4 Å². The lowest BCUT2D eigenvalue weighted by molar-refractivity contribution is -0.119. The summed E-state index contributed by atoms with van der Waals surface area (Å²) in [5.41, 5.74) is 15.3. The number of hydrogen-bond acceptors (Lipinski definition) is 3. The Morgan fingerprint density at radius 3 is 0.400 bits per heavy atom. The summed E-state index contributed by atoms with van der Waals surface area (Å²) in [5, 5.41) is 0. The molecule has 0 atom stereocenters. The van der Waals surface area contributed by atoms with Crippen LogP contribution >= 0.6 is 0 Å². The van der Waals surface area contributed by atoms with E-state index in [1.807, 2.05) is 0 Å². The van der Waals surface area contributed by atoms with Crippen LogP contribution in [0.4, 0.5) is 0 Å². The van der Waals surface area contributed by atoms with Crippen LogP contribution in [0, 0.1) is 0 Å². The molecule has 0 heterocycles. The van der Waals surface area contributed by atoms with Gasteiger partial charge in [-0.15, -0.1) is 0 Å². The van der Waals surface area contributed by atoms with E-state index in [1.54, 1.807) is 0 Å². The second kappa shape index (κ2) is 59.5. The number of primary amides is 3. The van der Waals surface area contributed by atoms with Gasteiger partial charge >= 0.3 is 0 Å². The molecule has 0 aliphatic heterocycles. The first-order valence-electron chi connectivity index (χ1n) is 27.2. The molecule has 0 fully saturated rings. The predicted molar refractivity (Wildman–Crippen MR) is 266 cm³/mol. The van der Waals surface area contributed by atoms with Gasteiger partial charge < -0.3 is 17.2 Å². The van der Waals surface area contributed by atoms with Gasteiger partial charge in [-0.3, -0.25) is 14.4 Å². The molecular formula is C54H111N3O3. The van der Waals surface area contributed by atoms with E-state index >= 15 is 0 Å². The second-order valence-electron chi connectivity index (χ2n) is 18.5. The van der Waals surface area contributed by atoms with E-state index in [0.717, 1.165) is 19.3 Å². The fourth-order valence-corrected chi connectivity index (χ4v) is 8.01. The molecule has 0 radical (unpaired) electrons. The van der Waals surface area contributed by atoms with Crippen LogP contribution in [0.3, 0.4) is 0 Å². The highest BCUT2D eigenvalue weighted by Gasteiger charge is 1.99. The minimum absolute atomic E-state index is 0.153. The lowest BCUT2D eigenvalue weighted by Gasteiger charge is -2.03. The molecule has 0 aromatic carbocycles. The minimum Gasteiger partial charge on any atom is -0.370 e. The third kappa shape index (κ3) is 70.9. The highest BCUT2D eigenvalue weighted by molar-refractivity contribution is 5.74. The molecule has 60 heavy (non-hydrogen) atoms. The molecule has 6 N–H and O–H groups in total. The summed E-state index contributed by atoms with van der Waals surface area (Å²) in [7, 11) is 0. The van der Waals surface area contributed by atoms with Gasteiger partial charge in [-0.1, -0.05) is 290 Å². The number of carbonyl (C=O) groups is 3. The summed E-state index contributed by atoms with van der Waals surface area (Å²) < 4.78 is 0. The number of nitrogens with two attached hydrogens (primary N) is 3. The molecule has 6 heteroatoms. The maximum Gasteiger partial charge on any atom is 0.217 e. The first-order chi connectivity index (χ1) is 29.3. The maximum atomic E-state index is 10.6. The van der Waals surface area contributed by atoms with Gasteiger partial charge in [0.15, 0.2) is 0 Å². The van der Waals surface area contributed by atoms with Crippen molar-refractivity contribution in [3.05, 3.63) is 0 Å². The smallest absolute Gasteiger partial charge is 0.217 e. The summed E-state index contributed by atoms with van der Waals surface area (Å²) in [6.07, 6.45) is 62.6. The molecule has 0 bridgehead atoms. The highest BCUT2D eigenvalue weighted by atomic mass is 16.1. The van der Waals surface area contributed by atoms with Gasteiger partial charge in [0.25, 0.3) is 0 Å². The minimum atomic E-state index is -0.153. The topological polar surface area (TPSA) is 129 Å². The largest absolute Gasteiger partial charge is 0.370 e. The van der Waals surface area contributed by atoms with E-state index in [9.17, 15) is 14.4 Å². The number of unbranched alkanes of at least 4 members (excludes halogenated alkanes) is 42. The van der Waals surface area contributed by atoms with Gasteiger partial charge in [0.1, 0.15) is 0 Å². The molecule has 6 nitrogen and oxygen atoms in total. The second-order valence-corrected chi connectivity index (χ2v) is 18.5. The van der Waals surface area contributed by atoms with E-state index in [1.165, 1.54) is 270 Å². The zero-order valence-electron chi connectivity index (χ0n) is 41.4. The molecule has 0 spiro atoms. The Bertz CT molecular complexity index is 715. The lowest BCUT2D eigenvalue weighted by Crippen LogP contribution is -2.09. The van der Waals surface area contributed by atoms with Crippen LogP contribution < -0.4 is 17.2 Å². The Balaban J connectivity index is -0.000000812. The van der Waals surface area contributed by atoms with E-state index in [4.69, 9.17) is 17.2 Å². The SMILES string of the molecule is CCCCCCCCCCCCCCCCCC(N)=O.CCCCCCCCCCCCCCCCCC(N)=O.CCCCCCCCCCCCCCCCCC(N)=O. The Kier molecular flexibility index (Phi) is 62.2. The van der Waals surface area contributed by atoms with Crippen LogP contribution in [0.5, 0.6) is 0 Å². The predicted octanol–water partition coefficient (Wildman–Crippen LogP) is 17.2. The van der Waals surface area contributed by atoms with Crippen LogP contribution in [0.25, 0.3) is 0 Å². The van der Waals surface area contributed by atoms with Crippen molar-refractivity contribution in [1.29, 1.82) is 0 Å². The van der Waals surface area contributed by atoms with E-state index in [0.29, 0.717) is 19.3 Å². The van der Waals surface area contributed by atoms with Gasteiger partial charge in [-0.05, 0) is 19.3 Å². The molecule has 0 saturated carbocycles.